The normalized spacial score (nSPS) is 10.5. The van der Waals surface area contributed by atoms with Crippen LogP contribution in [0.15, 0.2) is 30.5 Å². The Morgan fingerprint density at radius 1 is 1.29 bits per heavy atom. The van der Waals surface area contributed by atoms with Crippen molar-refractivity contribution >= 4 is 27.2 Å². The van der Waals surface area contributed by atoms with Crippen LogP contribution in [0.4, 0.5) is 24.6 Å². The fourth-order valence-electron chi connectivity index (χ4n) is 1.19. The molecule has 1 aromatic carbocycles. The molecule has 0 unspecified atom stereocenters. The molecule has 0 aliphatic heterocycles. The lowest BCUT2D eigenvalue weighted by molar-refractivity contribution is -0.0498. The van der Waals surface area contributed by atoms with Crippen molar-refractivity contribution < 1.29 is 13.5 Å². The standard InChI is InChI=1S/C10H9F2N3OS/c11-9(12)16-7-3-1-6(2-4-7)15-10-14-5-8(13)17-10/h1-5,9H,13H2,(H,14,15). The van der Waals surface area contributed by atoms with Gasteiger partial charge in [-0.3, -0.25) is 0 Å². The van der Waals surface area contributed by atoms with Crippen molar-refractivity contribution in [1.82, 2.24) is 4.98 Å². The van der Waals surface area contributed by atoms with E-state index in [0.717, 1.165) is 5.69 Å². The largest absolute Gasteiger partial charge is 0.435 e. The Balaban J connectivity index is 2.03. The van der Waals surface area contributed by atoms with Gasteiger partial charge in [0.25, 0.3) is 0 Å². The van der Waals surface area contributed by atoms with Gasteiger partial charge in [0, 0.05) is 5.69 Å². The van der Waals surface area contributed by atoms with E-state index in [1.807, 2.05) is 0 Å². The SMILES string of the molecule is Nc1cnc(Nc2ccc(OC(F)F)cc2)s1. The molecular formula is C10H9F2N3OS. The first-order chi connectivity index (χ1) is 8.13. The smallest absolute Gasteiger partial charge is 0.387 e. The highest BCUT2D eigenvalue weighted by atomic mass is 32.1. The lowest BCUT2D eigenvalue weighted by atomic mass is 10.3. The molecule has 0 saturated heterocycles. The summed E-state index contributed by atoms with van der Waals surface area (Å²) in [4.78, 5) is 4.01. The zero-order valence-corrected chi connectivity index (χ0v) is 9.38. The predicted octanol–water partition coefficient (Wildman–Crippen LogP) is 3.07. The Kier molecular flexibility index (Phi) is 3.38. The van der Waals surface area contributed by atoms with Gasteiger partial charge in [-0.2, -0.15) is 8.78 Å². The Hall–Kier alpha value is -1.89. The van der Waals surface area contributed by atoms with Crippen LogP contribution in [0.3, 0.4) is 0 Å². The van der Waals surface area contributed by atoms with Gasteiger partial charge >= 0.3 is 6.61 Å². The van der Waals surface area contributed by atoms with E-state index in [1.54, 1.807) is 18.3 Å². The van der Waals surface area contributed by atoms with Crippen molar-refractivity contribution in [3.63, 3.8) is 0 Å². The first-order valence-electron chi connectivity index (χ1n) is 4.67. The van der Waals surface area contributed by atoms with Gasteiger partial charge in [-0.05, 0) is 24.3 Å². The van der Waals surface area contributed by atoms with E-state index in [4.69, 9.17) is 5.73 Å². The maximum atomic E-state index is 11.9. The summed E-state index contributed by atoms with van der Waals surface area (Å²) in [5, 5.41) is 4.24. The molecule has 0 spiro atoms. The quantitative estimate of drug-likeness (QED) is 0.883. The third kappa shape index (κ3) is 3.28. The molecule has 17 heavy (non-hydrogen) atoms. The molecule has 3 N–H and O–H groups in total. The van der Waals surface area contributed by atoms with Crippen LogP contribution < -0.4 is 15.8 Å². The lowest BCUT2D eigenvalue weighted by Gasteiger charge is -2.06. The molecule has 1 heterocycles. The fraction of sp³-hybridized carbons (Fsp3) is 0.100. The number of anilines is 3. The topological polar surface area (TPSA) is 60.2 Å². The van der Waals surface area contributed by atoms with Gasteiger partial charge in [-0.25, -0.2) is 4.98 Å². The molecule has 0 amide bonds. The van der Waals surface area contributed by atoms with Crippen LogP contribution in [0.5, 0.6) is 5.75 Å². The van der Waals surface area contributed by atoms with E-state index in [2.05, 4.69) is 15.0 Å². The summed E-state index contributed by atoms with van der Waals surface area (Å²) < 4.78 is 28.1. The highest BCUT2D eigenvalue weighted by molar-refractivity contribution is 7.19. The molecule has 0 aliphatic rings. The van der Waals surface area contributed by atoms with Crippen molar-refractivity contribution in [1.29, 1.82) is 0 Å². The Morgan fingerprint density at radius 3 is 2.53 bits per heavy atom. The van der Waals surface area contributed by atoms with Crippen molar-refractivity contribution in [3.8, 4) is 5.75 Å². The molecule has 2 aromatic rings. The third-order valence-electron chi connectivity index (χ3n) is 1.85. The van der Waals surface area contributed by atoms with Crippen LogP contribution >= 0.6 is 11.3 Å². The molecule has 2 rings (SSSR count). The number of nitrogens with two attached hydrogens (primary N) is 1. The predicted molar refractivity (Wildman–Crippen MR) is 62.9 cm³/mol. The summed E-state index contributed by atoms with van der Waals surface area (Å²) in [6.45, 7) is -2.81. The van der Waals surface area contributed by atoms with Gasteiger partial charge in [0.1, 0.15) is 10.8 Å². The molecule has 0 fully saturated rings. The maximum absolute atomic E-state index is 11.9. The van der Waals surface area contributed by atoms with Crippen molar-refractivity contribution in [3.05, 3.63) is 30.5 Å². The second-order valence-corrected chi connectivity index (χ2v) is 4.16. The number of benzene rings is 1. The summed E-state index contributed by atoms with van der Waals surface area (Å²) in [5.41, 5.74) is 6.25. The van der Waals surface area contributed by atoms with E-state index in [0.29, 0.717) is 10.1 Å². The van der Waals surface area contributed by atoms with E-state index >= 15 is 0 Å². The van der Waals surface area contributed by atoms with Gasteiger partial charge in [0.05, 0.1) is 6.20 Å². The third-order valence-corrected chi connectivity index (χ3v) is 2.60. The van der Waals surface area contributed by atoms with Crippen molar-refractivity contribution in [2.45, 2.75) is 6.61 Å². The van der Waals surface area contributed by atoms with Crippen molar-refractivity contribution in [2.24, 2.45) is 0 Å². The number of alkyl halides is 2. The summed E-state index contributed by atoms with van der Waals surface area (Å²) in [6, 6.07) is 6.14. The molecule has 90 valence electrons. The van der Waals surface area contributed by atoms with Crippen LogP contribution in [0.2, 0.25) is 0 Å². The molecular weight excluding hydrogens is 248 g/mol. The minimum atomic E-state index is -2.81. The number of rotatable bonds is 4. The second-order valence-electron chi connectivity index (χ2n) is 3.10. The lowest BCUT2D eigenvalue weighted by Crippen LogP contribution is -2.01. The van der Waals surface area contributed by atoms with Gasteiger partial charge in [-0.15, -0.1) is 0 Å². The number of ether oxygens (including phenoxy) is 1. The van der Waals surface area contributed by atoms with Gasteiger partial charge in [0.15, 0.2) is 5.13 Å². The summed E-state index contributed by atoms with van der Waals surface area (Å²) in [6.07, 6.45) is 1.54. The Morgan fingerprint density at radius 2 is 2.00 bits per heavy atom. The number of nitrogens with zero attached hydrogens (tertiary/aromatic N) is 1. The number of halogens is 2. The summed E-state index contributed by atoms with van der Waals surface area (Å²) in [7, 11) is 0. The summed E-state index contributed by atoms with van der Waals surface area (Å²) >= 11 is 1.30. The molecule has 1 aromatic heterocycles. The summed E-state index contributed by atoms with van der Waals surface area (Å²) in [5.74, 6) is 0.115. The van der Waals surface area contributed by atoms with Crippen LogP contribution in [-0.2, 0) is 0 Å². The number of nitrogens with one attached hydrogen (secondary N) is 1. The second kappa shape index (κ2) is 4.96. The van der Waals surface area contributed by atoms with Crippen molar-refractivity contribution in [2.75, 3.05) is 11.1 Å². The number of thiazole rings is 1. The molecule has 0 aliphatic carbocycles. The Bertz CT molecular complexity index is 487. The van der Waals surface area contributed by atoms with Crippen LogP contribution in [0.1, 0.15) is 0 Å². The molecule has 0 saturated carbocycles. The first kappa shape index (κ1) is 11.6. The zero-order valence-electron chi connectivity index (χ0n) is 8.56. The van der Waals surface area contributed by atoms with E-state index in [9.17, 15) is 8.78 Å². The van der Waals surface area contributed by atoms with Gasteiger partial charge in [-0.1, -0.05) is 11.3 Å². The van der Waals surface area contributed by atoms with Crippen LogP contribution in [-0.4, -0.2) is 11.6 Å². The molecule has 4 nitrogen and oxygen atoms in total. The minimum Gasteiger partial charge on any atom is -0.435 e. The first-order valence-corrected chi connectivity index (χ1v) is 5.48. The van der Waals surface area contributed by atoms with Crippen LogP contribution in [0, 0.1) is 0 Å². The Labute approximate surface area is 100 Å². The average molecular weight is 257 g/mol. The average Bonchev–Trinajstić information content (AvgIpc) is 2.66. The highest BCUT2D eigenvalue weighted by Crippen LogP contribution is 2.25. The molecule has 0 bridgehead atoms. The van der Waals surface area contributed by atoms with E-state index < -0.39 is 6.61 Å². The van der Waals surface area contributed by atoms with Gasteiger partial charge in [0.2, 0.25) is 0 Å². The number of hydrogen-bond donors (Lipinski definition) is 2. The number of aromatic nitrogens is 1. The van der Waals surface area contributed by atoms with E-state index in [1.165, 1.54) is 23.5 Å². The monoisotopic (exact) mass is 257 g/mol. The maximum Gasteiger partial charge on any atom is 0.387 e. The fourth-order valence-corrected chi connectivity index (χ4v) is 1.79. The highest BCUT2D eigenvalue weighted by Gasteiger charge is 2.04. The molecule has 0 atom stereocenters. The van der Waals surface area contributed by atoms with Crippen LogP contribution in [0.25, 0.3) is 0 Å². The zero-order chi connectivity index (χ0) is 12.3. The van der Waals surface area contributed by atoms with Gasteiger partial charge < -0.3 is 15.8 Å². The van der Waals surface area contributed by atoms with E-state index in [-0.39, 0.29) is 5.75 Å². The minimum absolute atomic E-state index is 0.115. The number of nitrogen functional groups attached to an aromatic ring is 1. The molecule has 0 radical (unpaired) electrons. The molecule has 7 heteroatoms. The number of hydrogen-bond acceptors (Lipinski definition) is 5.